The molecule has 0 aromatic heterocycles. The molecule has 0 saturated heterocycles. The largest absolute Gasteiger partial charge is 0.331 e. The van der Waals surface area contributed by atoms with E-state index >= 15 is 0 Å². The van der Waals surface area contributed by atoms with E-state index < -0.39 is 0 Å². The van der Waals surface area contributed by atoms with Crippen LogP contribution < -0.4 is 32.3 Å². The highest BCUT2D eigenvalue weighted by Crippen LogP contribution is 2.21. The average Bonchev–Trinajstić information content (AvgIpc) is 2.93. The van der Waals surface area contributed by atoms with Crippen molar-refractivity contribution in [2.24, 2.45) is 0 Å². The molecule has 0 aliphatic rings. The van der Waals surface area contributed by atoms with E-state index in [9.17, 15) is 9.59 Å². The Balaban J connectivity index is 1.56. The Bertz CT molecular complexity index is 975. The van der Waals surface area contributed by atoms with Gasteiger partial charge in [0.25, 0.3) is 0 Å². The molecular formula is C28H40N6O2S2. The highest BCUT2D eigenvalue weighted by molar-refractivity contribution is 7.80. The molecule has 0 radical (unpaired) electrons. The van der Waals surface area contributed by atoms with Crippen molar-refractivity contribution in [3.05, 3.63) is 59.7 Å². The maximum atomic E-state index is 12.1. The first-order valence-corrected chi connectivity index (χ1v) is 13.9. The number of anilines is 2. The minimum Gasteiger partial charge on any atom is -0.331 e. The Morgan fingerprint density at radius 1 is 0.632 bits per heavy atom. The molecule has 6 N–H and O–H groups in total. The molecule has 0 saturated carbocycles. The van der Waals surface area contributed by atoms with Crippen molar-refractivity contribution in [1.29, 1.82) is 0 Å². The number of benzene rings is 2. The van der Waals surface area contributed by atoms with Gasteiger partial charge in [0.1, 0.15) is 0 Å². The summed E-state index contributed by atoms with van der Waals surface area (Å²) in [6, 6.07) is 16.1. The second-order valence-electron chi connectivity index (χ2n) is 9.32. The van der Waals surface area contributed by atoms with E-state index in [1.807, 2.05) is 24.3 Å². The predicted molar refractivity (Wildman–Crippen MR) is 164 cm³/mol. The molecule has 0 fully saturated rings. The smallest absolute Gasteiger partial charge is 0.238 e. The van der Waals surface area contributed by atoms with Crippen LogP contribution in [0.3, 0.4) is 0 Å². The van der Waals surface area contributed by atoms with Crippen molar-refractivity contribution < 1.29 is 9.59 Å². The van der Waals surface area contributed by atoms with Crippen LogP contribution in [0, 0.1) is 0 Å². The van der Waals surface area contributed by atoms with E-state index in [0.717, 1.165) is 24.2 Å². The Morgan fingerprint density at radius 2 is 0.974 bits per heavy atom. The van der Waals surface area contributed by atoms with Crippen LogP contribution in [0.1, 0.15) is 89.2 Å². The van der Waals surface area contributed by atoms with Crippen molar-refractivity contribution in [1.82, 2.24) is 21.7 Å². The minimum absolute atomic E-state index is 0.204. The minimum atomic E-state index is -0.204. The molecule has 0 heterocycles. The first kappa shape index (κ1) is 31.0. The maximum absolute atomic E-state index is 12.1. The second kappa shape index (κ2) is 16.6. The Morgan fingerprint density at radius 3 is 1.29 bits per heavy atom. The molecule has 38 heavy (non-hydrogen) atoms. The van der Waals surface area contributed by atoms with E-state index in [0.29, 0.717) is 34.9 Å². The van der Waals surface area contributed by atoms with E-state index in [-0.39, 0.29) is 24.7 Å². The second-order valence-corrected chi connectivity index (χ2v) is 10.1. The van der Waals surface area contributed by atoms with Gasteiger partial charge in [-0.15, -0.1) is 0 Å². The van der Waals surface area contributed by atoms with Crippen LogP contribution >= 0.6 is 24.4 Å². The van der Waals surface area contributed by atoms with Gasteiger partial charge in [-0.25, -0.2) is 0 Å². The van der Waals surface area contributed by atoms with Crippen LogP contribution in [0.25, 0.3) is 0 Å². The third kappa shape index (κ3) is 11.4. The number of thiocarbonyl (C=S) groups is 2. The SMILES string of the molecule is CCC(C)c1ccc(NC(=S)NNC(=O)CCCCC(=O)NNC(=S)Nc2ccc(C(C)CC)cc2)cc1. The molecule has 0 aliphatic carbocycles. The Kier molecular flexibility index (Phi) is 13.5. The molecule has 2 amide bonds. The van der Waals surface area contributed by atoms with Gasteiger partial charge in [0.2, 0.25) is 11.8 Å². The summed E-state index contributed by atoms with van der Waals surface area (Å²) in [4.78, 5) is 24.1. The maximum Gasteiger partial charge on any atom is 0.238 e. The topological polar surface area (TPSA) is 106 Å². The number of unbranched alkanes of at least 4 members (excludes halogenated alkanes) is 1. The summed E-state index contributed by atoms with van der Waals surface area (Å²) in [5.74, 6) is 0.607. The number of hydrazine groups is 2. The third-order valence-corrected chi connectivity index (χ3v) is 6.80. The zero-order valence-electron chi connectivity index (χ0n) is 22.6. The molecule has 2 unspecified atom stereocenters. The zero-order chi connectivity index (χ0) is 27.9. The van der Waals surface area contributed by atoms with Crippen molar-refractivity contribution in [2.75, 3.05) is 10.6 Å². The van der Waals surface area contributed by atoms with Crippen LogP contribution in [0.4, 0.5) is 11.4 Å². The summed E-state index contributed by atoms with van der Waals surface area (Å²) in [5, 5.41) is 6.69. The zero-order valence-corrected chi connectivity index (χ0v) is 24.3. The van der Waals surface area contributed by atoms with Crippen molar-refractivity contribution in [2.45, 2.75) is 78.1 Å². The van der Waals surface area contributed by atoms with Gasteiger partial charge in [-0.1, -0.05) is 52.0 Å². The van der Waals surface area contributed by atoms with Gasteiger partial charge in [0.05, 0.1) is 0 Å². The van der Waals surface area contributed by atoms with Gasteiger partial charge in [-0.05, 0) is 97.3 Å². The summed E-state index contributed by atoms with van der Waals surface area (Å²) in [7, 11) is 0. The third-order valence-electron chi connectivity index (χ3n) is 6.39. The van der Waals surface area contributed by atoms with Crippen molar-refractivity contribution in [3.63, 3.8) is 0 Å². The molecule has 206 valence electrons. The normalized spacial score (nSPS) is 12.0. The lowest BCUT2D eigenvalue weighted by molar-refractivity contribution is -0.123. The first-order valence-electron chi connectivity index (χ1n) is 13.1. The van der Waals surface area contributed by atoms with Gasteiger partial charge in [0, 0.05) is 24.2 Å². The van der Waals surface area contributed by atoms with Crippen molar-refractivity contribution in [3.8, 4) is 0 Å². The lowest BCUT2D eigenvalue weighted by Crippen LogP contribution is -2.44. The fourth-order valence-corrected chi connectivity index (χ4v) is 3.87. The van der Waals surface area contributed by atoms with E-state index in [1.165, 1.54) is 11.1 Å². The Labute approximate surface area is 237 Å². The summed E-state index contributed by atoms with van der Waals surface area (Å²) >= 11 is 10.5. The number of amides is 2. The number of rotatable bonds is 11. The standard InChI is InChI=1S/C28H40N6O2S2/c1-5-19(3)21-11-15-23(16-12-21)29-27(37)33-31-25(35)9-7-8-10-26(36)32-34-28(38)30-24-17-13-22(14-18-24)20(4)6-2/h11-20H,5-10H2,1-4H3,(H,31,35)(H,32,36)(H2,29,33,37)(H2,30,34,38). The molecule has 0 bridgehead atoms. The quantitative estimate of drug-likeness (QED) is 0.121. The molecule has 2 aromatic rings. The molecule has 2 atom stereocenters. The fourth-order valence-electron chi connectivity index (χ4n) is 3.54. The van der Waals surface area contributed by atoms with Gasteiger partial charge < -0.3 is 10.6 Å². The fraction of sp³-hybridized carbons (Fsp3) is 0.429. The molecule has 0 aliphatic heterocycles. The molecular weight excluding hydrogens is 516 g/mol. The van der Waals surface area contributed by atoms with Crippen LogP contribution in [-0.4, -0.2) is 22.0 Å². The number of carbonyl (C=O) groups excluding carboxylic acids is 2. The van der Waals surface area contributed by atoms with Gasteiger partial charge in [-0.2, -0.15) is 0 Å². The number of nitrogens with one attached hydrogen (secondary N) is 6. The number of hydrogen-bond donors (Lipinski definition) is 6. The lowest BCUT2D eigenvalue weighted by atomic mass is 9.99. The molecule has 2 rings (SSSR count). The number of carbonyl (C=O) groups is 2. The summed E-state index contributed by atoms with van der Waals surface area (Å²) < 4.78 is 0. The lowest BCUT2D eigenvalue weighted by Gasteiger charge is -2.14. The van der Waals surface area contributed by atoms with Crippen LogP contribution in [-0.2, 0) is 9.59 Å². The van der Waals surface area contributed by atoms with Gasteiger partial charge in [0.15, 0.2) is 10.2 Å². The predicted octanol–water partition coefficient (Wildman–Crippen LogP) is 5.61. The monoisotopic (exact) mass is 556 g/mol. The van der Waals surface area contributed by atoms with Crippen molar-refractivity contribution >= 4 is 57.8 Å². The summed E-state index contributed by atoms with van der Waals surface area (Å²) in [6.45, 7) is 8.70. The average molecular weight is 557 g/mol. The van der Waals surface area contributed by atoms with Gasteiger partial charge in [-0.3, -0.25) is 31.3 Å². The van der Waals surface area contributed by atoms with Crippen LogP contribution in [0.15, 0.2) is 48.5 Å². The van der Waals surface area contributed by atoms with Crippen LogP contribution in [0.2, 0.25) is 0 Å². The molecule has 10 heteroatoms. The summed E-state index contributed by atoms with van der Waals surface area (Å²) in [5.41, 5.74) is 14.8. The molecule has 0 spiro atoms. The summed E-state index contributed by atoms with van der Waals surface area (Å²) in [6.07, 6.45) is 3.83. The number of hydrogen-bond acceptors (Lipinski definition) is 4. The van der Waals surface area contributed by atoms with Gasteiger partial charge >= 0.3 is 0 Å². The highest BCUT2D eigenvalue weighted by atomic mass is 32.1. The molecule has 8 nitrogen and oxygen atoms in total. The van der Waals surface area contributed by atoms with E-state index in [1.54, 1.807) is 0 Å². The van der Waals surface area contributed by atoms with Crippen LogP contribution in [0.5, 0.6) is 0 Å². The highest BCUT2D eigenvalue weighted by Gasteiger charge is 2.07. The Hall–Kier alpha value is -3.24. The first-order chi connectivity index (χ1) is 18.2. The molecule has 2 aromatic carbocycles. The van der Waals surface area contributed by atoms with E-state index in [4.69, 9.17) is 24.4 Å². The van der Waals surface area contributed by atoms with E-state index in [2.05, 4.69) is 84.3 Å².